The third-order valence-electron chi connectivity index (χ3n) is 6.41. The Morgan fingerprint density at radius 3 is 2.68 bits per heavy atom. The Hall–Kier alpha value is -2.85. The van der Waals surface area contributed by atoms with Crippen molar-refractivity contribution < 1.29 is 9.53 Å². The molecule has 2 aromatic heterocycles. The number of thioether (sulfide) groups is 1. The number of fused-ring (bicyclic) bond motifs is 3. The first-order chi connectivity index (χ1) is 17.9. The van der Waals surface area contributed by atoms with Crippen LogP contribution in [-0.4, -0.2) is 45.8 Å². The molecule has 0 fully saturated rings. The zero-order valence-electron chi connectivity index (χ0n) is 20.8. The van der Waals surface area contributed by atoms with Crippen LogP contribution in [-0.2, 0) is 17.8 Å². The number of ether oxygens (including phenoxy) is 1. The number of para-hydroxylation sites is 1. The third-order valence-corrected chi connectivity index (χ3v) is 8.79. The molecular weight excluding hydrogens is 528 g/mol. The fourth-order valence-electron chi connectivity index (χ4n) is 4.42. The van der Waals surface area contributed by atoms with E-state index >= 15 is 0 Å². The van der Waals surface area contributed by atoms with Gasteiger partial charge in [-0.15, -0.1) is 11.3 Å². The van der Waals surface area contributed by atoms with Crippen LogP contribution in [0, 0.1) is 0 Å². The molecule has 2 aromatic carbocycles. The van der Waals surface area contributed by atoms with E-state index in [0.717, 1.165) is 29.9 Å². The number of carbonyl (C=O) groups excluding carboxylic acids is 1. The van der Waals surface area contributed by atoms with E-state index in [-0.39, 0.29) is 17.2 Å². The number of nitrogens with zero attached hydrogens (tertiary/aromatic N) is 3. The normalized spacial score (nSPS) is 13.6. The summed E-state index contributed by atoms with van der Waals surface area (Å²) in [5, 5.41) is 4.46. The molecule has 7 nitrogen and oxygen atoms in total. The Morgan fingerprint density at radius 2 is 1.97 bits per heavy atom. The van der Waals surface area contributed by atoms with Gasteiger partial charge in [0.2, 0.25) is 5.91 Å². The Bertz CT molecular complexity index is 1510. The Labute approximate surface area is 228 Å². The summed E-state index contributed by atoms with van der Waals surface area (Å²) in [5.74, 6) is 0.540. The van der Waals surface area contributed by atoms with Crippen LogP contribution < -0.4 is 15.6 Å². The predicted octanol–water partition coefficient (Wildman–Crippen LogP) is 5.61. The molecule has 0 saturated carbocycles. The number of carbonyl (C=O) groups is 1. The first-order valence-electron chi connectivity index (χ1n) is 12.0. The second-order valence-corrected chi connectivity index (χ2v) is 11.5. The second kappa shape index (κ2) is 10.9. The Morgan fingerprint density at radius 1 is 1.22 bits per heavy atom. The van der Waals surface area contributed by atoms with Gasteiger partial charge in [0.15, 0.2) is 5.16 Å². The zero-order valence-corrected chi connectivity index (χ0v) is 23.2. The smallest absolute Gasteiger partial charge is 0.267 e. The van der Waals surface area contributed by atoms with Gasteiger partial charge in [-0.1, -0.05) is 35.5 Å². The monoisotopic (exact) mass is 554 g/mol. The SMILES string of the molecule is COc1ccc(-n2c(SCC(=O)Nc3ccccc3Cl)nc3sc4c(c3c2=O)CCN(C(C)C)C4)cc1. The first kappa shape index (κ1) is 25.8. The van der Waals surface area contributed by atoms with Gasteiger partial charge < -0.3 is 10.1 Å². The number of amides is 1. The van der Waals surface area contributed by atoms with E-state index in [1.807, 2.05) is 30.3 Å². The zero-order chi connectivity index (χ0) is 26.1. The van der Waals surface area contributed by atoms with Crippen LogP contribution in [0.3, 0.4) is 0 Å². The predicted molar refractivity (Wildman–Crippen MR) is 152 cm³/mol. The van der Waals surface area contributed by atoms with Crippen molar-refractivity contribution in [3.05, 3.63) is 74.3 Å². The number of rotatable bonds is 7. The highest BCUT2D eigenvalue weighted by Gasteiger charge is 2.27. The van der Waals surface area contributed by atoms with Gasteiger partial charge in [-0.25, -0.2) is 4.98 Å². The standard InChI is InChI=1S/C27H27ClN4O3S2/c1-16(2)31-13-12-19-22(14-31)37-25-24(19)26(34)32(17-8-10-18(35-3)11-9-17)27(30-25)36-15-23(33)29-21-7-5-4-6-20(21)28/h4-11,16H,12-15H2,1-3H3,(H,29,33). The number of hydrogen-bond acceptors (Lipinski definition) is 7. The molecule has 0 unspecified atom stereocenters. The number of halogens is 1. The van der Waals surface area contributed by atoms with Crippen molar-refractivity contribution in [2.75, 3.05) is 24.7 Å². The van der Waals surface area contributed by atoms with Gasteiger partial charge in [-0.05, 0) is 62.2 Å². The lowest BCUT2D eigenvalue weighted by molar-refractivity contribution is -0.113. The van der Waals surface area contributed by atoms with Crippen LogP contribution in [0.25, 0.3) is 15.9 Å². The third kappa shape index (κ3) is 5.27. The summed E-state index contributed by atoms with van der Waals surface area (Å²) in [7, 11) is 1.60. The maximum absolute atomic E-state index is 14.0. The fraction of sp³-hybridized carbons (Fsp3) is 0.296. The Balaban J connectivity index is 1.53. The highest BCUT2D eigenvalue weighted by atomic mass is 35.5. The average Bonchev–Trinajstić information content (AvgIpc) is 3.27. The van der Waals surface area contributed by atoms with Crippen LogP contribution in [0.2, 0.25) is 5.02 Å². The maximum atomic E-state index is 14.0. The topological polar surface area (TPSA) is 76.5 Å². The molecule has 0 bridgehead atoms. The minimum absolute atomic E-state index is 0.0749. The highest BCUT2D eigenvalue weighted by Crippen LogP contribution is 2.35. The molecule has 0 radical (unpaired) electrons. The van der Waals surface area contributed by atoms with E-state index in [4.69, 9.17) is 21.3 Å². The van der Waals surface area contributed by atoms with Gasteiger partial charge in [-0.3, -0.25) is 19.1 Å². The van der Waals surface area contributed by atoms with Crippen molar-refractivity contribution in [1.29, 1.82) is 0 Å². The van der Waals surface area contributed by atoms with Crippen molar-refractivity contribution in [2.45, 2.75) is 38.0 Å². The summed E-state index contributed by atoms with van der Waals surface area (Å²) in [6.07, 6.45) is 0.819. The molecule has 3 heterocycles. The molecular formula is C27H27ClN4O3S2. The van der Waals surface area contributed by atoms with Crippen LogP contribution in [0.15, 0.2) is 58.5 Å². The minimum atomic E-state index is -0.230. The molecule has 1 aliphatic heterocycles. The van der Waals surface area contributed by atoms with Crippen LogP contribution in [0.1, 0.15) is 24.3 Å². The number of hydrogen-bond donors (Lipinski definition) is 1. The number of anilines is 1. The number of aromatic nitrogens is 2. The quantitative estimate of drug-likeness (QED) is 0.236. The number of benzene rings is 2. The number of methoxy groups -OCH3 is 1. The van der Waals surface area contributed by atoms with Crippen molar-refractivity contribution in [3.8, 4) is 11.4 Å². The summed E-state index contributed by atoms with van der Waals surface area (Å²) >= 11 is 9.00. The minimum Gasteiger partial charge on any atom is -0.497 e. The molecule has 0 atom stereocenters. The summed E-state index contributed by atoms with van der Waals surface area (Å²) in [6, 6.07) is 14.8. The van der Waals surface area contributed by atoms with Gasteiger partial charge in [0.05, 0.1) is 34.6 Å². The summed E-state index contributed by atoms with van der Waals surface area (Å²) in [6.45, 7) is 6.11. The van der Waals surface area contributed by atoms with Crippen molar-refractivity contribution in [2.24, 2.45) is 0 Å². The van der Waals surface area contributed by atoms with Crippen molar-refractivity contribution in [3.63, 3.8) is 0 Å². The van der Waals surface area contributed by atoms with Gasteiger partial charge in [0.1, 0.15) is 10.6 Å². The van der Waals surface area contributed by atoms with E-state index in [1.54, 1.807) is 41.2 Å². The number of thiophene rings is 1. The summed E-state index contributed by atoms with van der Waals surface area (Å²) in [5.41, 5.74) is 2.21. The molecule has 0 aliphatic carbocycles. The molecule has 4 aromatic rings. The molecule has 5 rings (SSSR count). The largest absolute Gasteiger partial charge is 0.497 e. The molecule has 192 valence electrons. The molecule has 37 heavy (non-hydrogen) atoms. The lowest BCUT2D eigenvalue weighted by Gasteiger charge is -2.30. The van der Waals surface area contributed by atoms with E-state index in [1.165, 1.54) is 16.6 Å². The van der Waals surface area contributed by atoms with Crippen molar-refractivity contribution >= 4 is 56.5 Å². The Kier molecular flexibility index (Phi) is 7.57. The molecule has 0 spiro atoms. The van der Waals surface area contributed by atoms with Crippen molar-refractivity contribution in [1.82, 2.24) is 14.5 Å². The van der Waals surface area contributed by atoms with Crippen LogP contribution in [0.5, 0.6) is 5.75 Å². The molecule has 10 heteroatoms. The molecule has 1 aliphatic rings. The van der Waals surface area contributed by atoms with Gasteiger partial charge in [-0.2, -0.15) is 0 Å². The van der Waals surface area contributed by atoms with Gasteiger partial charge in [0.25, 0.3) is 5.56 Å². The average molecular weight is 555 g/mol. The van der Waals surface area contributed by atoms with Gasteiger partial charge in [0, 0.05) is 24.0 Å². The van der Waals surface area contributed by atoms with E-state index in [0.29, 0.717) is 38.7 Å². The molecule has 0 saturated heterocycles. The highest BCUT2D eigenvalue weighted by molar-refractivity contribution is 7.99. The molecule has 1 N–H and O–H groups in total. The van der Waals surface area contributed by atoms with E-state index < -0.39 is 0 Å². The lowest BCUT2D eigenvalue weighted by Crippen LogP contribution is -2.35. The van der Waals surface area contributed by atoms with E-state index in [9.17, 15) is 9.59 Å². The van der Waals surface area contributed by atoms with Crippen LogP contribution >= 0.6 is 34.7 Å². The summed E-state index contributed by atoms with van der Waals surface area (Å²) < 4.78 is 6.91. The maximum Gasteiger partial charge on any atom is 0.267 e. The molecule has 1 amide bonds. The van der Waals surface area contributed by atoms with E-state index in [2.05, 4.69) is 24.1 Å². The second-order valence-electron chi connectivity index (χ2n) is 9.05. The van der Waals surface area contributed by atoms with Crippen LogP contribution in [0.4, 0.5) is 5.69 Å². The number of nitrogens with one attached hydrogen (secondary N) is 1. The van der Waals surface area contributed by atoms with Gasteiger partial charge >= 0.3 is 0 Å². The lowest BCUT2D eigenvalue weighted by atomic mass is 10.0. The fourth-order valence-corrected chi connectivity index (χ4v) is 6.70. The summed E-state index contributed by atoms with van der Waals surface area (Å²) in [4.78, 5) is 36.0. The first-order valence-corrected chi connectivity index (χ1v) is 14.2.